The van der Waals surface area contributed by atoms with E-state index in [1.165, 1.54) is 6.92 Å². The number of urea groups is 1. The number of amides is 2. The van der Waals surface area contributed by atoms with Crippen LogP contribution in [-0.2, 0) is 15.6 Å². The molecule has 0 saturated carbocycles. The molecule has 4 unspecified atom stereocenters. The van der Waals surface area contributed by atoms with Crippen LogP contribution < -0.4 is 10.6 Å². The van der Waals surface area contributed by atoms with Crippen molar-refractivity contribution in [1.29, 1.82) is 0 Å². The van der Waals surface area contributed by atoms with Gasteiger partial charge in [0, 0.05) is 34.9 Å². The third kappa shape index (κ3) is 6.58. The zero-order chi connectivity index (χ0) is 14.3. The number of carbonyl (C=O) groups excluding carboxylic acids is 1. The summed E-state index contributed by atoms with van der Waals surface area (Å²) in [6.07, 6.45) is 2.25. The topological polar surface area (TPSA) is 95.5 Å². The molecule has 0 radical (unpaired) electrons. The molecule has 3 N–H and O–H groups in total. The number of carboxylic acids is 1. The molecule has 4 atom stereocenters. The Bertz CT molecular complexity index is 322. The van der Waals surface area contributed by atoms with E-state index in [0.29, 0.717) is 13.0 Å². The first-order chi connectivity index (χ1) is 8.25. The molecular formula is C11H22N2O4S. The van der Waals surface area contributed by atoms with Gasteiger partial charge in [0.2, 0.25) is 0 Å². The Morgan fingerprint density at radius 2 is 1.83 bits per heavy atom. The number of hydrogen-bond donors (Lipinski definition) is 3. The summed E-state index contributed by atoms with van der Waals surface area (Å²) in [5, 5.41) is 14.0. The number of nitrogens with one attached hydrogen (secondary N) is 2. The molecule has 0 fully saturated rings. The van der Waals surface area contributed by atoms with Gasteiger partial charge in [-0.1, -0.05) is 6.92 Å². The minimum Gasteiger partial charge on any atom is -0.481 e. The van der Waals surface area contributed by atoms with Gasteiger partial charge in [-0.25, -0.2) is 4.79 Å². The highest BCUT2D eigenvalue weighted by Crippen LogP contribution is 2.02. The highest BCUT2D eigenvalue weighted by molar-refractivity contribution is 7.84. The monoisotopic (exact) mass is 278 g/mol. The second-order valence-corrected chi connectivity index (χ2v) is 6.22. The van der Waals surface area contributed by atoms with Gasteiger partial charge in [-0.2, -0.15) is 0 Å². The van der Waals surface area contributed by atoms with Gasteiger partial charge in [0.05, 0.1) is 5.92 Å². The lowest BCUT2D eigenvalue weighted by molar-refractivity contribution is -0.141. The molecule has 0 aliphatic rings. The third-order valence-corrected chi connectivity index (χ3v) is 4.27. The number of aliphatic carboxylic acids is 1. The van der Waals surface area contributed by atoms with Crippen LogP contribution in [0.3, 0.4) is 0 Å². The van der Waals surface area contributed by atoms with Gasteiger partial charge in [-0.3, -0.25) is 9.00 Å². The second kappa shape index (κ2) is 8.07. The van der Waals surface area contributed by atoms with Crippen molar-refractivity contribution in [3.05, 3.63) is 0 Å². The smallest absolute Gasteiger partial charge is 0.315 e. The third-order valence-electron chi connectivity index (χ3n) is 2.90. The van der Waals surface area contributed by atoms with Crippen molar-refractivity contribution in [3.63, 3.8) is 0 Å². The normalized spacial score (nSPS) is 17.3. The summed E-state index contributed by atoms with van der Waals surface area (Å²) < 4.78 is 11.1. The molecule has 7 heteroatoms. The lowest BCUT2D eigenvalue weighted by Crippen LogP contribution is -2.45. The van der Waals surface area contributed by atoms with Crippen molar-refractivity contribution in [2.45, 2.75) is 38.5 Å². The van der Waals surface area contributed by atoms with Gasteiger partial charge < -0.3 is 15.7 Å². The summed E-state index contributed by atoms with van der Waals surface area (Å²) in [7, 11) is -0.899. The average Bonchev–Trinajstić information content (AvgIpc) is 2.27. The zero-order valence-electron chi connectivity index (χ0n) is 11.2. The molecule has 0 heterocycles. The van der Waals surface area contributed by atoms with E-state index < -0.39 is 34.8 Å². The van der Waals surface area contributed by atoms with Crippen molar-refractivity contribution in [2.24, 2.45) is 5.92 Å². The van der Waals surface area contributed by atoms with Crippen LogP contribution in [0.2, 0.25) is 0 Å². The van der Waals surface area contributed by atoms with Crippen molar-refractivity contribution in [2.75, 3.05) is 12.8 Å². The molecule has 0 bridgehead atoms. The first-order valence-electron chi connectivity index (χ1n) is 5.85. The summed E-state index contributed by atoms with van der Waals surface area (Å²) in [5.41, 5.74) is 0. The summed E-state index contributed by atoms with van der Waals surface area (Å²) in [6.45, 7) is 5.45. The van der Waals surface area contributed by atoms with E-state index in [4.69, 9.17) is 5.11 Å². The van der Waals surface area contributed by atoms with Gasteiger partial charge in [-0.05, 0) is 20.3 Å². The molecule has 6 nitrogen and oxygen atoms in total. The lowest BCUT2D eigenvalue weighted by Gasteiger charge is -2.18. The van der Waals surface area contributed by atoms with Gasteiger partial charge >= 0.3 is 12.0 Å². The fourth-order valence-corrected chi connectivity index (χ4v) is 1.60. The van der Waals surface area contributed by atoms with Gasteiger partial charge in [0.1, 0.15) is 0 Å². The predicted octanol–water partition coefficient (Wildman–Crippen LogP) is 0.552. The quantitative estimate of drug-likeness (QED) is 0.634. The van der Waals surface area contributed by atoms with Gasteiger partial charge in [-0.15, -0.1) is 0 Å². The van der Waals surface area contributed by atoms with Crippen molar-refractivity contribution in [1.82, 2.24) is 10.6 Å². The average molecular weight is 278 g/mol. The highest BCUT2D eigenvalue weighted by Gasteiger charge is 2.20. The Morgan fingerprint density at radius 3 is 2.28 bits per heavy atom. The Labute approximate surface area is 110 Å². The van der Waals surface area contributed by atoms with Crippen LogP contribution in [0.4, 0.5) is 4.79 Å². The molecule has 0 aromatic heterocycles. The largest absolute Gasteiger partial charge is 0.481 e. The number of carboxylic acid groups (broad SMARTS) is 1. The second-order valence-electron chi connectivity index (χ2n) is 4.41. The number of rotatable bonds is 7. The first kappa shape index (κ1) is 16.9. The molecule has 0 aliphatic heterocycles. The van der Waals surface area contributed by atoms with E-state index in [-0.39, 0.29) is 5.25 Å². The van der Waals surface area contributed by atoms with E-state index in [2.05, 4.69) is 10.6 Å². The fourth-order valence-electron chi connectivity index (χ4n) is 1.15. The van der Waals surface area contributed by atoms with Crippen LogP contribution in [-0.4, -0.2) is 45.4 Å². The van der Waals surface area contributed by atoms with E-state index in [1.807, 2.05) is 6.92 Å². The SMILES string of the molecule is CC(NC(=O)NCCC(C)S(C)=O)C(C)C(=O)O. The van der Waals surface area contributed by atoms with Crippen LogP contribution >= 0.6 is 0 Å². The standard InChI is InChI=1S/C11H22N2O4S/c1-7(18(4)17)5-6-12-11(16)13-9(3)8(2)10(14)15/h7-9H,5-6H2,1-4H3,(H,14,15)(H2,12,13,16). The first-order valence-corrected chi connectivity index (χ1v) is 7.47. The zero-order valence-corrected chi connectivity index (χ0v) is 12.0. The molecule has 0 spiro atoms. The maximum absolute atomic E-state index is 11.4. The minimum atomic E-state index is -0.946. The molecule has 106 valence electrons. The van der Waals surface area contributed by atoms with Crippen LogP contribution in [0.5, 0.6) is 0 Å². The molecular weight excluding hydrogens is 256 g/mol. The molecule has 2 amide bonds. The fraction of sp³-hybridized carbons (Fsp3) is 0.818. The maximum Gasteiger partial charge on any atom is 0.315 e. The molecule has 0 aromatic carbocycles. The van der Waals surface area contributed by atoms with Gasteiger partial charge in [0.25, 0.3) is 0 Å². The summed E-state index contributed by atoms with van der Waals surface area (Å²) in [6, 6.07) is -0.843. The predicted molar refractivity (Wildman–Crippen MR) is 70.9 cm³/mol. The van der Waals surface area contributed by atoms with Crippen molar-refractivity contribution < 1.29 is 18.9 Å². The Balaban J connectivity index is 3.91. The van der Waals surface area contributed by atoms with Crippen molar-refractivity contribution in [3.8, 4) is 0 Å². The maximum atomic E-state index is 11.4. The van der Waals surface area contributed by atoms with Crippen LogP contribution in [0.1, 0.15) is 27.2 Å². The van der Waals surface area contributed by atoms with Gasteiger partial charge in [0.15, 0.2) is 0 Å². The molecule has 0 rings (SSSR count). The summed E-state index contributed by atoms with van der Waals surface area (Å²) in [4.78, 5) is 22.1. The van der Waals surface area contributed by atoms with Crippen LogP contribution in [0.25, 0.3) is 0 Å². The molecule has 0 aromatic rings. The number of hydrogen-bond acceptors (Lipinski definition) is 3. The van der Waals surface area contributed by atoms with Crippen LogP contribution in [0, 0.1) is 5.92 Å². The Kier molecular flexibility index (Phi) is 7.58. The molecule has 18 heavy (non-hydrogen) atoms. The summed E-state index contributed by atoms with van der Waals surface area (Å²) >= 11 is 0. The van der Waals surface area contributed by atoms with E-state index in [9.17, 15) is 13.8 Å². The van der Waals surface area contributed by atoms with E-state index in [0.717, 1.165) is 0 Å². The lowest BCUT2D eigenvalue weighted by atomic mass is 10.0. The van der Waals surface area contributed by atoms with E-state index >= 15 is 0 Å². The Hall–Kier alpha value is -1.11. The highest BCUT2D eigenvalue weighted by atomic mass is 32.2. The van der Waals surface area contributed by atoms with Crippen LogP contribution in [0.15, 0.2) is 0 Å². The minimum absolute atomic E-state index is 0.0284. The van der Waals surface area contributed by atoms with E-state index in [1.54, 1.807) is 13.2 Å². The Morgan fingerprint density at radius 1 is 1.28 bits per heavy atom. The van der Waals surface area contributed by atoms with Crippen molar-refractivity contribution >= 4 is 22.8 Å². The molecule has 0 saturated heterocycles. The summed E-state index contributed by atoms with van der Waals surface area (Å²) in [5.74, 6) is -1.59. The molecule has 0 aliphatic carbocycles. The number of carbonyl (C=O) groups is 2.